The van der Waals surface area contributed by atoms with Crippen molar-refractivity contribution in [2.45, 2.75) is 26.4 Å². The highest BCUT2D eigenvalue weighted by Crippen LogP contribution is 2.18. The van der Waals surface area contributed by atoms with Crippen LogP contribution in [0.4, 0.5) is 4.79 Å². The largest absolute Gasteiger partial charge is 0.465 e. The summed E-state index contributed by atoms with van der Waals surface area (Å²) in [5.74, 6) is -0.469. The van der Waals surface area contributed by atoms with Crippen molar-refractivity contribution in [3.63, 3.8) is 0 Å². The van der Waals surface area contributed by atoms with Gasteiger partial charge in [-0.2, -0.15) is 9.78 Å². The molecule has 2 aromatic rings. The zero-order valence-electron chi connectivity index (χ0n) is 11.8. The number of ether oxygens (including phenoxy) is 2. The number of aromatic nitrogens is 2. The minimum Gasteiger partial charge on any atom is -0.465 e. The van der Waals surface area contributed by atoms with E-state index in [0.717, 1.165) is 10.1 Å². The predicted octanol–water partition coefficient (Wildman–Crippen LogP) is 2.61. The number of methoxy groups -OCH3 is 1. The van der Waals surface area contributed by atoms with E-state index >= 15 is 0 Å². The molecule has 1 aromatic heterocycles. The lowest BCUT2D eigenvalue weighted by atomic mass is 10.2. The van der Waals surface area contributed by atoms with Gasteiger partial charge >= 0.3 is 12.1 Å². The maximum Gasteiger partial charge on any atom is 0.435 e. The summed E-state index contributed by atoms with van der Waals surface area (Å²) >= 11 is 0. The lowest BCUT2D eigenvalue weighted by Crippen LogP contribution is -2.27. The molecule has 1 heterocycles. The third-order valence-electron chi connectivity index (χ3n) is 2.56. The van der Waals surface area contributed by atoms with Crippen molar-refractivity contribution in [2.24, 2.45) is 0 Å². The number of benzene rings is 1. The number of hydrogen-bond acceptors (Lipinski definition) is 5. The summed E-state index contributed by atoms with van der Waals surface area (Å²) < 4.78 is 11.1. The highest BCUT2D eigenvalue weighted by atomic mass is 16.6. The third kappa shape index (κ3) is 2.79. The van der Waals surface area contributed by atoms with Gasteiger partial charge in [-0.1, -0.05) is 6.07 Å². The molecule has 0 radical (unpaired) electrons. The minimum atomic E-state index is -0.616. The SMILES string of the molecule is COC(=O)c1ccc2cnn(C(=O)OC(C)(C)C)c2c1. The van der Waals surface area contributed by atoms with E-state index in [9.17, 15) is 9.59 Å². The molecule has 20 heavy (non-hydrogen) atoms. The van der Waals surface area contributed by atoms with Gasteiger partial charge in [0.1, 0.15) is 5.60 Å². The second kappa shape index (κ2) is 4.96. The Hall–Kier alpha value is -2.37. The van der Waals surface area contributed by atoms with Crippen molar-refractivity contribution in [3.8, 4) is 0 Å². The molecule has 0 aliphatic carbocycles. The second-order valence-electron chi connectivity index (χ2n) is 5.30. The van der Waals surface area contributed by atoms with Gasteiger partial charge in [0.15, 0.2) is 0 Å². The van der Waals surface area contributed by atoms with Crippen LogP contribution < -0.4 is 0 Å². The average Bonchev–Trinajstić information content (AvgIpc) is 2.78. The summed E-state index contributed by atoms with van der Waals surface area (Å²) in [6, 6.07) is 4.88. The van der Waals surface area contributed by atoms with Gasteiger partial charge in [0.25, 0.3) is 0 Å². The topological polar surface area (TPSA) is 70.4 Å². The first-order valence-corrected chi connectivity index (χ1v) is 6.11. The summed E-state index contributed by atoms with van der Waals surface area (Å²) in [6.45, 7) is 5.32. The smallest absolute Gasteiger partial charge is 0.435 e. The maximum atomic E-state index is 12.0. The number of esters is 1. The van der Waals surface area contributed by atoms with Gasteiger partial charge in [-0.3, -0.25) is 0 Å². The molecule has 2 rings (SSSR count). The predicted molar refractivity (Wildman–Crippen MR) is 72.7 cm³/mol. The zero-order chi connectivity index (χ0) is 14.9. The van der Waals surface area contributed by atoms with E-state index in [1.807, 2.05) is 0 Å². The molecule has 0 spiro atoms. The van der Waals surface area contributed by atoms with Crippen LogP contribution in [0.5, 0.6) is 0 Å². The van der Waals surface area contributed by atoms with E-state index in [2.05, 4.69) is 9.84 Å². The first kappa shape index (κ1) is 14.0. The highest BCUT2D eigenvalue weighted by Gasteiger charge is 2.20. The molecular weight excluding hydrogens is 260 g/mol. The van der Waals surface area contributed by atoms with Gasteiger partial charge in [-0.25, -0.2) is 9.59 Å². The van der Waals surface area contributed by atoms with E-state index in [0.29, 0.717) is 11.1 Å². The van der Waals surface area contributed by atoms with Crippen molar-refractivity contribution < 1.29 is 19.1 Å². The number of carbonyl (C=O) groups is 2. The van der Waals surface area contributed by atoms with Gasteiger partial charge in [0.2, 0.25) is 0 Å². The van der Waals surface area contributed by atoms with E-state index in [-0.39, 0.29) is 0 Å². The average molecular weight is 276 g/mol. The molecule has 6 nitrogen and oxygen atoms in total. The van der Waals surface area contributed by atoms with Crippen LogP contribution in [0.1, 0.15) is 31.1 Å². The van der Waals surface area contributed by atoms with Gasteiger partial charge in [0, 0.05) is 5.39 Å². The molecule has 1 aromatic carbocycles. The van der Waals surface area contributed by atoms with Gasteiger partial charge in [0.05, 0.1) is 24.4 Å². The first-order chi connectivity index (χ1) is 9.31. The molecule has 0 fully saturated rings. The first-order valence-electron chi connectivity index (χ1n) is 6.11. The fourth-order valence-corrected chi connectivity index (χ4v) is 1.71. The molecule has 0 saturated carbocycles. The van der Waals surface area contributed by atoms with Crippen LogP contribution in [0.15, 0.2) is 24.4 Å². The van der Waals surface area contributed by atoms with Crippen molar-refractivity contribution in [1.82, 2.24) is 9.78 Å². The maximum absolute atomic E-state index is 12.0. The Balaban J connectivity index is 2.44. The van der Waals surface area contributed by atoms with Crippen molar-refractivity contribution in [1.29, 1.82) is 0 Å². The van der Waals surface area contributed by atoms with Crippen LogP contribution >= 0.6 is 0 Å². The minimum absolute atomic E-state index is 0.352. The van der Waals surface area contributed by atoms with E-state index < -0.39 is 17.7 Å². The Bertz CT molecular complexity index is 667. The number of hydrogen-bond donors (Lipinski definition) is 0. The lowest BCUT2D eigenvalue weighted by Gasteiger charge is -2.19. The Morgan fingerprint density at radius 3 is 2.55 bits per heavy atom. The number of nitrogens with zero attached hydrogens (tertiary/aromatic N) is 2. The van der Waals surface area contributed by atoms with Gasteiger partial charge in [-0.15, -0.1) is 0 Å². The lowest BCUT2D eigenvalue weighted by molar-refractivity contribution is 0.0520. The van der Waals surface area contributed by atoms with Gasteiger partial charge in [-0.05, 0) is 32.9 Å². The normalized spacial score (nSPS) is 11.4. The van der Waals surface area contributed by atoms with Crippen molar-refractivity contribution in [3.05, 3.63) is 30.0 Å². The molecule has 0 amide bonds. The zero-order valence-corrected chi connectivity index (χ0v) is 11.8. The van der Waals surface area contributed by atoms with Crippen molar-refractivity contribution in [2.75, 3.05) is 7.11 Å². The van der Waals surface area contributed by atoms with Crippen LogP contribution in [0.3, 0.4) is 0 Å². The second-order valence-corrected chi connectivity index (χ2v) is 5.30. The summed E-state index contributed by atoms with van der Waals surface area (Å²) in [4.78, 5) is 23.6. The molecule has 0 aliphatic heterocycles. The Labute approximate surface area is 116 Å². The molecule has 0 saturated heterocycles. The standard InChI is InChI=1S/C14H16N2O4/c1-14(2,3)20-13(18)16-11-7-9(12(17)19-4)5-6-10(11)8-15-16/h5-8H,1-4H3. The van der Waals surface area contributed by atoms with Crippen molar-refractivity contribution >= 4 is 23.0 Å². The fraction of sp³-hybridized carbons (Fsp3) is 0.357. The quantitative estimate of drug-likeness (QED) is 0.749. The summed E-state index contributed by atoms with van der Waals surface area (Å²) in [7, 11) is 1.30. The monoisotopic (exact) mass is 276 g/mol. The molecular formula is C14H16N2O4. The Morgan fingerprint density at radius 1 is 1.25 bits per heavy atom. The molecule has 106 valence electrons. The molecule has 0 bridgehead atoms. The number of fused-ring (bicyclic) bond motifs is 1. The third-order valence-corrected chi connectivity index (χ3v) is 2.56. The highest BCUT2D eigenvalue weighted by molar-refractivity contribution is 5.96. The Kier molecular flexibility index (Phi) is 3.48. The van der Waals surface area contributed by atoms with Crippen LogP contribution in [0.25, 0.3) is 10.9 Å². The van der Waals surface area contributed by atoms with Crippen LogP contribution in [-0.4, -0.2) is 34.6 Å². The molecule has 0 unspecified atom stereocenters. The summed E-state index contributed by atoms with van der Waals surface area (Å²) in [5, 5.41) is 4.74. The van der Waals surface area contributed by atoms with E-state index in [4.69, 9.17) is 4.74 Å². The van der Waals surface area contributed by atoms with Crippen LogP contribution in [0.2, 0.25) is 0 Å². The summed E-state index contributed by atoms with van der Waals surface area (Å²) in [5.41, 5.74) is 0.238. The van der Waals surface area contributed by atoms with E-state index in [1.165, 1.54) is 7.11 Å². The Morgan fingerprint density at radius 2 is 1.95 bits per heavy atom. The molecule has 6 heteroatoms. The molecule has 0 aliphatic rings. The molecule has 0 atom stereocenters. The van der Waals surface area contributed by atoms with Crippen LogP contribution in [-0.2, 0) is 9.47 Å². The number of rotatable bonds is 1. The number of carbonyl (C=O) groups excluding carboxylic acids is 2. The summed E-state index contributed by atoms with van der Waals surface area (Å²) in [6.07, 6.45) is 0.954. The van der Waals surface area contributed by atoms with Gasteiger partial charge < -0.3 is 9.47 Å². The molecule has 0 N–H and O–H groups in total. The van der Waals surface area contributed by atoms with Crippen LogP contribution in [0, 0.1) is 0 Å². The fourth-order valence-electron chi connectivity index (χ4n) is 1.71. The van der Waals surface area contributed by atoms with E-state index in [1.54, 1.807) is 45.2 Å².